The first-order valence-electron chi connectivity index (χ1n) is 9.30. The summed E-state index contributed by atoms with van der Waals surface area (Å²) < 4.78 is 1.77. The molecule has 0 aliphatic heterocycles. The number of aromatic nitrogens is 6. The van der Waals surface area contributed by atoms with Crippen molar-refractivity contribution in [2.75, 3.05) is 5.32 Å². The predicted molar refractivity (Wildman–Crippen MR) is 108 cm³/mol. The van der Waals surface area contributed by atoms with Crippen LogP contribution in [-0.2, 0) is 19.4 Å². The number of nitrogens with one attached hydrogen (secondary N) is 2. The van der Waals surface area contributed by atoms with Crippen LogP contribution in [0, 0.1) is 0 Å². The van der Waals surface area contributed by atoms with Crippen LogP contribution in [0.15, 0.2) is 47.7 Å². The number of benzene rings is 1. The average Bonchev–Trinajstić information content (AvgIpc) is 3.18. The Morgan fingerprint density at radius 1 is 1.07 bits per heavy atom. The van der Waals surface area contributed by atoms with Crippen molar-refractivity contribution >= 4 is 16.9 Å². The zero-order chi connectivity index (χ0) is 19.5. The molecule has 0 unspecified atom stereocenters. The fraction of sp³-hybridized carbons (Fsp3) is 0.250. The quantitative estimate of drug-likeness (QED) is 0.537. The molecule has 8 heteroatoms. The van der Waals surface area contributed by atoms with Gasteiger partial charge in [-0.25, -0.2) is 19.7 Å². The molecule has 4 aromatic rings. The lowest BCUT2D eigenvalue weighted by Gasteiger charge is -2.12. The monoisotopic (exact) mass is 375 g/mol. The topological polar surface area (TPSA) is 101 Å². The zero-order valence-corrected chi connectivity index (χ0v) is 15.8. The smallest absolute Gasteiger partial charge is 0.269 e. The Balaban J connectivity index is 1.69. The van der Waals surface area contributed by atoms with Gasteiger partial charge in [-0.05, 0) is 30.5 Å². The molecular weight excluding hydrogens is 354 g/mol. The summed E-state index contributed by atoms with van der Waals surface area (Å²) in [5.74, 6) is 0.642. The summed E-state index contributed by atoms with van der Waals surface area (Å²) in [4.78, 5) is 21.1. The van der Waals surface area contributed by atoms with Gasteiger partial charge in [0.05, 0.1) is 23.0 Å². The Morgan fingerprint density at radius 3 is 2.64 bits per heavy atom. The summed E-state index contributed by atoms with van der Waals surface area (Å²) in [5, 5.41) is 15.3. The highest BCUT2D eigenvalue weighted by atomic mass is 16.1. The minimum Gasteiger partial charge on any atom is -0.365 e. The summed E-state index contributed by atoms with van der Waals surface area (Å²) in [6.45, 7) is 4.42. The third-order valence-electron chi connectivity index (χ3n) is 4.77. The van der Waals surface area contributed by atoms with Gasteiger partial charge in [0.1, 0.15) is 12.1 Å². The van der Waals surface area contributed by atoms with Gasteiger partial charge in [-0.2, -0.15) is 10.2 Å². The summed E-state index contributed by atoms with van der Waals surface area (Å²) in [7, 11) is 0. The predicted octanol–water partition coefficient (Wildman–Crippen LogP) is 2.64. The van der Waals surface area contributed by atoms with E-state index in [1.807, 2.05) is 44.2 Å². The maximum absolute atomic E-state index is 12.3. The molecule has 28 heavy (non-hydrogen) atoms. The van der Waals surface area contributed by atoms with Gasteiger partial charge in [-0.1, -0.05) is 32.0 Å². The molecular formula is C20H21N7O. The van der Waals surface area contributed by atoms with Crippen molar-refractivity contribution in [2.24, 2.45) is 0 Å². The molecule has 0 spiro atoms. The van der Waals surface area contributed by atoms with E-state index in [9.17, 15) is 4.79 Å². The molecule has 0 saturated heterocycles. The minimum atomic E-state index is -0.174. The van der Waals surface area contributed by atoms with Crippen LogP contribution in [0.5, 0.6) is 0 Å². The molecule has 0 saturated carbocycles. The highest BCUT2D eigenvalue weighted by Gasteiger charge is 2.14. The fourth-order valence-electron chi connectivity index (χ4n) is 3.38. The Hall–Kier alpha value is -3.55. The van der Waals surface area contributed by atoms with Crippen molar-refractivity contribution < 1.29 is 0 Å². The molecule has 3 heterocycles. The third-order valence-corrected chi connectivity index (χ3v) is 4.77. The molecule has 0 aliphatic rings. The van der Waals surface area contributed by atoms with Crippen molar-refractivity contribution in [3.05, 3.63) is 70.0 Å². The first-order valence-corrected chi connectivity index (χ1v) is 9.30. The third kappa shape index (κ3) is 3.13. The van der Waals surface area contributed by atoms with Gasteiger partial charge in [-0.15, -0.1) is 0 Å². The van der Waals surface area contributed by atoms with Crippen molar-refractivity contribution in [3.63, 3.8) is 0 Å². The van der Waals surface area contributed by atoms with E-state index in [0.29, 0.717) is 23.6 Å². The van der Waals surface area contributed by atoms with E-state index in [1.54, 1.807) is 10.9 Å². The van der Waals surface area contributed by atoms with Crippen LogP contribution in [-0.4, -0.2) is 29.9 Å². The maximum Gasteiger partial charge on any atom is 0.269 e. The van der Waals surface area contributed by atoms with E-state index in [0.717, 1.165) is 35.2 Å². The Bertz CT molecular complexity index is 1160. The van der Waals surface area contributed by atoms with Crippen molar-refractivity contribution in [2.45, 2.75) is 33.2 Å². The molecule has 0 atom stereocenters. The summed E-state index contributed by atoms with van der Waals surface area (Å²) in [6.07, 6.45) is 4.76. The molecule has 3 aromatic heterocycles. The van der Waals surface area contributed by atoms with Gasteiger partial charge in [0, 0.05) is 12.1 Å². The SMILES string of the molecule is CCc1n[nH]c(=O)c(CNc2ncnc3c2cnn3-c2ccccc2)c1CC. The number of hydrogen-bond donors (Lipinski definition) is 2. The number of nitrogens with zero attached hydrogens (tertiary/aromatic N) is 5. The van der Waals surface area contributed by atoms with Crippen LogP contribution >= 0.6 is 0 Å². The van der Waals surface area contributed by atoms with Crippen molar-refractivity contribution in [1.82, 2.24) is 29.9 Å². The summed E-state index contributed by atoms with van der Waals surface area (Å²) in [5.41, 5.74) is 4.06. The van der Waals surface area contributed by atoms with E-state index < -0.39 is 0 Å². The van der Waals surface area contributed by atoms with Gasteiger partial charge in [-0.3, -0.25) is 4.79 Å². The van der Waals surface area contributed by atoms with Gasteiger partial charge in [0.2, 0.25) is 0 Å². The second-order valence-corrected chi connectivity index (χ2v) is 6.37. The molecule has 1 aromatic carbocycles. The number of aryl methyl sites for hydroxylation is 1. The average molecular weight is 375 g/mol. The van der Waals surface area contributed by atoms with E-state index in [-0.39, 0.29) is 5.56 Å². The fourth-order valence-corrected chi connectivity index (χ4v) is 3.38. The molecule has 0 bridgehead atoms. The lowest BCUT2D eigenvalue weighted by Crippen LogP contribution is -2.22. The molecule has 142 valence electrons. The summed E-state index contributed by atoms with van der Waals surface area (Å²) in [6, 6.07) is 9.81. The molecule has 0 fully saturated rings. The number of para-hydroxylation sites is 1. The van der Waals surface area contributed by atoms with Crippen LogP contribution in [0.25, 0.3) is 16.7 Å². The van der Waals surface area contributed by atoms with Crippen LogP contribution in [0.1, 0.15) is 30.7 Å². The van der Waals surface area contributed by atoms with E-state index in [4.69, 9.17) is 0 Å². The number of fused-ring (bicyclic) bond motifs is 1. The van der Waals surface area contributed by atoms with Crippen LogP contribution in [0.3, 0.4) is 0 Å². The van der Waals surface area contributed by atoms with Crippen LogP contribution < -0.4 is 10.9 Å². The van der Waals surface area contributed by atoms with Gasteiger partial charge in [0.25, 0.3) is 5.56 Å². The number of anilines is 1. The van der Waals surface area contributed by atoms with Crippen LogP contribution in [0.2, 0.25) is 0 Å². The largest absolute Gasteiger partial charge is 0.365 e. The highest BCUT2D eigenvalue weighted by Crippen LogP contribution is 2.22. The van der Waals surface area contributed by atoms with E-state index in [2.05, 4.69) is 30.6 Å². The lowest BCUT2D eigenvalue weighted by atomic mass is 10.0. The van der Waals surface area contributed by atoms with Gasteiger partial charge in [0.15, 0.2) is 5.65 Å². The van der Waals surface area contributed by atoms with Crippen molar-refractivity contribution in [1.29, 1.82) is 0 Å². The zero-order valence-electron chi connectivity index (χ0n) is 15.8. The maximum atomic E-state index is 12.3. The molecule has 0 radical (unpaired) electrons. The first kappa shape index (κ1) is 17.8. The van der Waals surface area contributed by atoms with Crippen molar-refractivity contribution in [3.8, 4) is 5.69 Å². The molecule has 2 N–H and O–H groups in total. The Kier molecular flexibility index (Phi) is 4.84. The van der Waals surface area contributed by atoms with Crippen LogP contribution in [0.4, 0.5) is 5.82 Å². The molecule has 0 amide bonds. The Labute approximate surface area is 161 Å². The highest BCUT2D eigenvalue weighted by molar-refractivity contribution is 5.87. The van der Waals surface area contributed by atoms with E-state index in [1.165, 1.54) is 6.33 Å². The summed E-state index contributed by atoms with van der Waals surface area (Å²) >= 11 is 0. The second kappa shape index (κ2) is 7.59. The number of H-pyrrole nitrogens is 1. The standard InChI is InChI=1S/C20H21N7O/c1-3-14-15(20(28)26-25-17(14)4-2)10-21-18-16-11-24-27(19(16)23-12-22-18)13-8-6-5-7-9-13/h5-9,11-12H,3-4,10H2,1-2H3,(H,26,28)(H,21,22,23). The second-order valence-electron chi connectivity index (χ2n) is 6.37. The first-order chi connectivity index (χ1) is 13.7. The lowest BCUT2D eigenvalue weighted by molar-refractivity contribution is 0.826. The number of aromatic amines is 1. The van der Waals surface area contributed by atoms with Gasteiger partial charge >= 0.3 is 0 Å². The minimum absolute atomic E-state index is 0.174. The molecule has 8 nitrogen and oxygen atoms in total. The number of hydrogen-bond acceptors (Lipinski definition) is 6. The molecule has 0 aliphatic carbocycles. The number of rotatable bonds is 6. The Morgan fingerprint density at radius 2 is 1.89 bits per heavy atom. The molecule has 4 rings (SSSR count). The normalized spacial score (nSPS) is 11.1. The van der Waals surface area contributed by atoms with Gasteiger partial charge < -0.3 is 5.32 Å². The van der Waals surface area contributed by atoms with E-state index >= 15 is 0 Å².